The normalized spacial score (nSPS) is 17.6. The van der Waals surface area contributed by atoms with Gasteiger partial charge in [0.15, 0.2) is 11.6 Å². The van der Waals surface area contributed by atoms with Crippen molar-refractivity contribution in [1.29, 1.82) is 0 Å². The lowest BCUT2D eigenvalue weighted by Gasteiger charge is -2.14. The maximum Gasteiger partial charge on any atom is 0.407 e. The maximum absolute atomic E-state index is 12.0. The van der Waals surface area contributed by atoms with Crippen LogP contribution >= 0.6 is 0 Å². The number of hydrogen-bond acceptors (Lipinski definition) is 7. The molecule has 2 unspecified atom stereocenters. The first-order valence-corrected chi connectivity index (χ1v) is 12.5. The zero-order chi connectivity index (χ0) is 25.5. The van der Waals surface area contributed by atoms with Crippen molar-refractivity contribution in [2.45, 2.75) is 51.2 Å². The van der Waals surface area contributed by atoms with Gasteiger partial charge in [0.2, 0.25) is 0 Å². The van der Waals surface area contributed by atoms with E-state index in [1.165, 1.54) is 0 Å². The molecule has 1 fully saturated rings. The molecule has 37 heavy (non-hydrogen) atoms. The zero-order valence-corrected chi connectivity index (χ0v) is 21.0. The Bertz CT molecular complexity index is 1580. The highest BCUT2D eigenvalue weighted by molar-refractivity contribution is 5.93. The molecule has 0 bridgehead atoms. The van der Waals surface area contributed by atoms with Gasteiger partial charge in [-0.25, -0.2) is 14.3 Å². The fourth-order valence-electron chi connectivity index (χ4n) is 5.06. The summed E-state index contributed by atoms with van der Waals surface area (Å²) < 4.78 is 9.25. The van der Waals surface area contributed by atoms with E-state index in [-0.39, 0.29) is 24.2 Å². The van der Waals surface area contributed by atoms with Gasteiger partial charge in [-0.3, -0.25) is 9.78 Å². The van der Waals surface area contributed by atoms with Gasteiger partial charge in [0.1, 0.15) is 11.6 Å². The average Bonchev–Trinajstić information content (AvgIpc) is 3.65. The molecule has 11 nitrogen and oxygen atoms in total. The second-order valence-corrected chi connectivity index (χ2v) is 9.84. The molecule has 1 saturated carbocycles. The number of benzene rings is 1. The third-order valence-electron chi connectivity index (χ3n) is 6.84. The summed E-state index contributed by atoms with van der Waals surface area (Å²) in [5.41, 5.74) is 4.95. The van der Waals surface area contributed by atoms with Crippen molar-refractivity contribution in [1.82, 2.24) is 39.9 Å². The van der Waals surface area contributed by atoms with E-state index in [0.29, 0.717) is 11.6 Å². The van der Waals surface area contributed by atoms with E-state index in [4.69, 9.17) is 4.74 Å². The third-order valence-corrected chi connectivity index (χ3v) is 6.84. The van der Waals surface area contributed by atoms with Gasteiger partial charge in [-0.2, -0.15) is 15.3 Å². The van der Waals surface area contributed by atoms with Gasteiger partial charge in [-0.15, -0.1) is 0 Å². The zero-order valence-electron chi connectivity index (χ0n) is 21.0. The molecular formula is C26H29N9O2. The number of carbonyl (C=O) groups is 1. The van der Waals surface area contributed by atoms with Gasteiger partial charge in [0.25, 0.3) is 0 Å². The van der Waals surface area contributed by atoms with Crippen LogP contribution in [0, 0.1) is 0 Å². The minimum Gasteiger partial charge on any atom is -0.446 e. The van der Waals surface area contributed by atoms with Crippen molar-refractivity contribution >= 4 is 34.1 Å². The van der Waals surface area contributed by atoms with Crippen molar-refractivity contribution in [3.05, 3.63) is 54.7 Å². The minimum atomic E-state index is -0.355. The summed E-state index contributed by atoms with van der Waals surface area (Å²) in [7, 11) is 1.93. The molecule has 4 heterocycles. The lowest BCUT2D eigenvalue weighted by atomic mass is 10.0. The monoisotopic (exact) mass is 499 g/mol. The van der Waals surface area contributed by atoms with Crippen LogP contribution in [0.1, 0.15) is 44.7 Å². The molecule has 190 valence electrons. The summed E-state index contributed by atoms with van der Waals surface area (Å²) in [6.07, 6.45) is 9.34. The Morgan fingerprint density at radius 3 is 2.95 bits per heavy atom. The van der Waals surface area contributed by atoms with Crippen molar-refractivity contribution in [2.75, 3.05) is 5.32 Å². The molecule has 1 aromatic carbocycles. The van der Waals surface area contributed by atoms with E-state index < -0.39 is 0 Å². The Morgan fingerprint density at radius 1 is 1.19 bits per heavy atom. The Labute approximate surface area is 213 Å². The number of alkyl carbamates (subject to hydrolysis) is 1. The summed E-state index contributed by atoms with van der Waals surface area (Å²) in [5.74, 6) is 1.59. The second kappa shape index (κ2) is 9.23. The van der Waals surface area contributed by atoms with Crippen molar-refractivity contribution in [3.63, 3.8) is 0 Å². The van der Waals surface area contributed by atoms with Crippen LogP contribution in [0.4, 0.5) is 16.4 Å². The van der Waals surface area contributed by atoms with Gasteiger partial charge in [0, 0.05) is 54.1 Å². The molecule has 0 radical (unpaired) electrons. The number of hydrogen-bond donors (Lipinski definition) is 3. The Balaban J connectivity index is 1.22. The minimum absolute atomic E-state index is 0.0542. The van der Waals surface area contributed by atoms with E-state index in [1.54, 1.807) is 6.20 Å². The highest BCUT2D eigenvalue weighted by Crippen LogP contribution is 2.37. The van der Waals surface area contributed by atoms with Crippen molar-refractivity contribution in [2.24, 2.45) is 7.05 Å². The standard InChI is InChI=1S/C26H29N9O2/c1-15(2)30-26(36)37-19-6-4-17(11-19)21-12-23(33-32-21)31-25-24-20(14-29-35(24)9-8-27-25)16-5-7-22-18(10-16)13-28-34(22)3/h5,7-10,12-15,17,19H,4,6,11H2,1-3H3,(H,30,36)(H2,27,31,32,33). The number of ether oxygens (including phenoxy) is 1. The summed E-state index contributed by atoms with van der Waals surface area (Å²) >= 11 is 0. The van der Waals surface area contributed by atoms with Crippen LogP contribution in [-0.4, -0.2) is 52.8 Å². The topological polar surface area (TPSA) is 127 Å². The first-order chi connectivity index (χ1) is 17.9. The molecule has 4 aromatic heterocycles. The number of aromatic amines is 1. The van der Waals surface area contributed by atoms with Crippen LogP contribution in [0.3, 0.4) is 0 Å². The van der Waals surface area contributed by atoms with Gasteiger partial charge in [0.05, 0.1) is 17.9 Å². The SMILES string of the molecule is CC(C)NC(=O)OC1CCC(c2cc(Nc3nccn4ncc(-c5ccc6c(cnn6C)c5)c34)n[nH]2)C1. The molecular weight excluding hydrogens is 470 g/mol. The predicted octanol–water partition coefficient (Wildman–Crippen LogP) is 4.52. The molecule has 0 aliphatic heterocycles. The van der Waals surface area contributed by atoms with E-state index in [2.05, 4.69) is 54.2 Å². The van der Waals surface area contributed by atoms with Gasteiger partial charge < -0.3 is 15.4 Å². The van der Waals surface area contributed by atoms with Gasteiger partial charge >= 0.3 is 6.09 Å². The molecule has 0 spiro atoms. The molecule has 1 aliphatic rings. The van der Waals surface area contributed by atoms with Crippen LogP contribution in [0.2, 0.25) is 0 Å². The molecule has 5 aromatic rings. The number of amides is 1. The number of aromatic nitrogens is 7. The average molecular weight is 500 g/mol. The largest absolute Gasteiger partial charge is 0.446 e. The van der Waals surface area contributed by atoms with Crippen LogP contribution in [-0.2, 0) is 11.8 Å². The number of H-pyrrole nitrogens is 1. The smallest absolute Gasteiger partial charge is 0.407 e. The highest BCUT2D eigenvalue weighted by Gasteiger charge is 2.30. The molecule has 3 N–H and O–H groups in total. The molecule has 1 aliphatic carbocycles. The predicted molar refractivity (Wildman–Crippen MR) is 140 cm³/mol. The Hall–Kier alpha value is -4.41. The van der Waals surface area contributed by atoms with Crippen LogP contribution in [0.25, 0.3) is 27.5 Å². The number of nitrogens with one attached hydrogen (secondary N) is 3. The summed E-state index contributed by atoms with van der Waals surface area (Å²) in [4.78, 5) is 16.6. The lowest BCUT2D eigenvalue weighted by Crippen LogP contribution is -2.33. The number of rotatable bonds is 6. The fourth-order valence-corrected chi connectivity index (χ4v) is 5.06. The third kappa shape index (κ3) is 4.48. The number of anilines is 2. The molecule has 1 amide bonds. The highest BCUT2D eigenvalue weighted by atomic mass is 16.6. The summed E-state index contributed by atoms with van der Waals surface area (Å²) in [6.45, 7) is 3.83. The van der Waals surface area contributed by atoms with E-state index >= 15 is 0 Å². The number of nitrogens with zero attached hydrogens (tertiary/aromatic N) is 6. The van der Waals surface area contributed by atoms with Crippen LogP contribution in [0.5, 0.6) is 0 Å². The summed E-state index contributed by atoms with van der Waals surface area (Å²) in [6, 6.07) is 8.31. The van der Waals surface area contributed by atoms with E-state index in [1.807, 2.05) is 54.7 Å². The van der Waals surface area contributed by atoms with Crippen molar-refractivity contribution < 1.29 is 9.53 Å². The fraction of sp³-hybridized carbons (Fsp3) is 0.346. The van der Waals surface area contributed by atoms with Gasteiger partial charge in [-0.1, -0.05) is 6.07 Å². The number of aryl methyl sites for hydroxylation is 1. The molecule has 0 saturated heterocycles. The molecule has 6 rings (SSSR count). The second-order valence-electron chi connectivity index (χ2n) is 9.84. The molecule has 11 heteroatoms. The number of carbonyl (C=O) groups excluding carboxylic acids is 1. The number of fused-ring (bicyclic) bond motifs is 2. The van der Waals surface area contributed by atoms with Crippen LogP contribution in [0.15, 0.2) is 49.1 Å². The first-order valence-electron chi connectivity index (χ1n) is 12.5. The first kappa shape index (κ1) is 23.0. The van der Waals surface area contributed by atoms with Gasteiger partial charge in [-0.05, 0) is 50.8 Å². The quantitative estimate of drug-likeness (QED) is 0.313. The molecule has 2 atom stereocenters. The van der Waals surface area contributed by atoms with E-state index in [9.17, 15) is 4.79 Å². The maximum atomic E-state index is 12.0. The lowest BCUT2D eigenvalue weighted by molar-refractivity contribution is 0.0981. The van der Waals surface area contributed by atoms with E-state index in [0.717, 1.165) is 52.5 Å². The Kier molecular flexibility index (Phi) is 5.74. The van der Waals surface area contributed by atoms with Crippen molar-refractivity contribution in [3.8, 4) is 11.1 Å². The Morgan fingerprint density at radius 2 is 2.08 bits per heavy atom. The summed E-state index contributed by atoms with van der Waals surface area (Å²) in [5, 5.41) is 23.7. The van der Waals surface area contributed by atoms with Crippen LogP contribution < -0.4 is 10.6 Å².